The van der Waals surface area contributed by atoms with E-state index in [-0.39, 0.29) is 28.7 Å². The SMILES string of the molecule is CC[C@H](C)[C@@H](C)N(C(=O)CS[C@H]1CCS(=O)(=O)C1)C1CC1. The molecule has 0 aromatic rings. The number of sulfone groups is 1. The number of carbonyl (C=O) groups excluding carboxylic acids is 1. The second-order valence-electron chi connectivity index (χ2n) is 6.49. The van der Waals surface area contributed by atoms with Gasteiger partial charge in [0.15, 0.2) is 9.84 Å². The molecule has 21 heavy (non-hydrogen) atoms. The molecule has 0 aromatic heterocycles. The van der Waals surface area contributed by atoms with Gasteiger partial charge in [0.1, 0.15) is 0 Å². The molecule has 1 aliphatic carbocycles. The summed E-state index contributed by atoms with van der Waals surface area (Å²) in [6.07, 6.45) is 4.01. The summed E-state index contributed by atoms with van der Waals surface area (Å²) in [6.45, 7) is 6.51. The van der Waals surface area contributed by atoms with E-state index in [4.69, 9.17) is 0 Å². The summed E-state index contributed by atoms with van der Waals surface area (Å²) in [5.74, 6) is 1.66. The van der Waals surface area contributed by atoms with Crippen LogP contribution >= 0.6 is 11.8 Å². The predicted molar refractivity (Wildman–Crippen MR) is 88.3 cm³/mol. The van der Waals surface area contributed by atoms with Crippen LogP contribution in [0.4, 0.5) is 0 Å². The lowest BCUT2D eigenvalue weighted by atomic mass is 9.99. The Morgan fingerprint density at radius 1 is 1.29 bits per heavy atom. The van der Waals surface area contributed by atoms with Gasteiger partial charge < -0.3 is 4.90 Å². The van der Waals surface area contributed by atoms with Crippen LogP contribution in [0.25, 0.3) is 0 Å². The van der Waals surface area contributed by atoms with E-state index in [9.17, 15) is 13.2 Å². The van der Waals surface area contributed by atoms with Crippen molar-refractivity contribution in [2.75, 3.05) is 17.3 Å². The molecule has 4 nitrogen and oxygen atoms in total. The van der Waals surface area contributed by atoms with Gasteiger partial charge in [-0.3, -0.25) is 4.79 Å². The fourth-order valence-corrected chi connectivity index (χ4v) is 6.40. The first kappa shape index (κ1) is 17.1. The Bertz CT molecular complexity index is 473. The molecule has 0 aromatic carbocycles. The Morgan fingerprint density at radius 3 is 2.43 bits per heavy atom. The van der Waals surface area contributed by atoms with Crippen molar-refractivity contribution >= 4 is 27.5 Å². The van der Waals surface area contributed by atoms with Gasteiger partial charge in [-0.2, -0.15) is 0 Å². The summed E-state index contributed by atoms with van der Waals surface area (Å²) in [7, 11) is -2.85. The summed E-state index contributed by atoms with van der Waals surface area (Å²) < 4.78 is 22.9. The van der Waals surface area contributed by atoms with Gasteiger partial charge >= 0.3 is 0 Å². The third-order valence-electron chi connectivity index (χ3n) is 4.77. The molecular formula is C15H27NO3S2. The van der Waals surface area contributed by atoms with E-state index < -0.39 is 9.84 Å². The lowest BCUT2D eigenvalue weighted by molar-refractivity contribution is -0.132. The third kappa shape index (κ3) is 4.62. The highest BCUT2D eigenvalue weighted by molar-refractivity contribution is 8.02. The Hall–Kier alpha value is -0.230. The van der Waals surface area contributed by atoms with Gasteiger partial charge in [0.05, 0.1) is 17.3 Å². The molecule has 1 heterocycles. The molecule has 1 amide bonds. The molecule has 1 aliphatic heterocycles. The predicted octanol–water partition coefficient (Wildman–Crippen LogP) is 2.33. The van der Waals surface area contributed by atoms with Gasteiger partial charge in [-0.1, -0.05) is 20.3 Å². The van der Waals surface area contributed by atoms with Crippen LogP contribution in [-0.2, 0) is 14.6 Å². The van der Waals surface area contributed by atoms with Crippen molar-refractivity contribution in [3.63, 3.8) is 0 Å². The van der Waals surface area contributed by atoms with Crippen LogP contribution in [0.3, 0.4) is 0 Å². The number of nitrogens with zero attached hydrogens (tertiary/aromatic N) is 1. The monoisotopic (exact) mass is 333 g/mol. The van der Waals surface area contributed by atoms with E-state index in [0.29, 0.717) is 24.1 Å². The van der Waals surface area contributed by atoms with E-state index in [1.165, 1.54) is 11.8 Å². The smallest absolute Gasteiger partial charge is 0.233 e. The zero-order chi connectivity index (χ0) is 15.6. The highest BCUT2D eigenvalue weighted by Gasteiger charge is 2.37. The lowest BCUT2D eigenvalue weighted by Gasteiger charge is -2.33. The van der Waals surface area contributed by atoms with Gasteiger partial charge in [-0.15, -0.1) is 11.8 Å². The van der Waals surface area contributed by atoms with Gasteiger partial charge in [-0.25, -0.2) is 8.42 Å². The van der Waals surface area contributed by atoms with Crippen molar-refractivity contribution in [3.8, 4) is 0 Å². The second kappa shape index (κ2) is 6.90. The van der Waals surface area contributed by atoms with E-state index in [2.05, 4.69) is 25.7 Å². The normalized spacial score (nSPS) is 27.3. The Morgan fingerprint density at radius 2 is 1.95 bits per heavy atom. The number of hydrogen-bond acceptors (Lipinski definition) is 4. The molecule has 0 spiro atoms. The van der Waals surface area contributed by atoms with Crippen molar-refractivity contribution in [2.45, 2.75) is 63.8 Å². The number of hydrogen-bond donors (Lipinski definition) is 0. The fraction of sp³-hybridized carbons (Fsp3) is 0.933. The summed E-state index contributed by atoms with van der Waals surface area (Å²) in [6, 6.07) is 0.706. The largest absolute Gasteiger partial charge is 0.336 e. The van der Waals surface area contributed by atoms with E-state index in [1.54, 1.807) is 0 Å². The zero-order valence-electron chi connectivity index (χ0n) is 13.2. The highest BCUT2D eigenvalue weighted by atomic mass is 32.2. The molecule has 0 bridgehead atoms. The first-order valence-electron chi connectivity index (χ1n) is 7.97. The Labute approximate surface area is 133 Å². The van der Waals surface area contributed by atoms with Gasteiger partial charge in [0, 0.05) is 17.3 Å². The number of rotatable bonds is 7. The van der Waals surface area contributed by atoms with Gasteiger partial charge in [0.25, 0.3) is 0 Å². The number of thioether (sulfide) groups is 1. The van der Waals surface area contributed by atoms with Crippen molar-refractivity contribution in [2.24, 2.45) is 5.92 Å². The molecule has 3 atom stereocenters. The Kier molecular flexibility index (Phi) is 5.63. The standard InChI is InChI=1S/C15H27NO3S2/c1-4-11(2)12(3)16(13-5-6-13)15(17)9-20-14-7-8-21(18,19)10-14/h11-14H,4-10H2,1-3H3/t11-,12+,14-/m0/s1. The van der Waals surface area contributed by atoms with Crippen molar-refractivity contribution in [1.82, 2.24) is 4.90 Å². The van der Waals surface area contributed by atoms with Crippen molar-refractivity contribution < 1.29 is 13.2 Å². The van der Waals surface area contributed by atoms with E-state index >= 15 is 0 Å². The highest BCUT2D eigenvalue weighted by Crippen LogP contribution is 2.33. The molecule has 1 saturated carbocycles. The molecule has 2 fully saturated rings. The minimum Gasteiger partial charge on any atom is -0.336 e. The molecule has 2 rings (SSSR count). The van der Waals surface area contributed by atoms with Crippen LogP contribution in [-0.4, -0.2) is 53.8 Å². The minimum atomic E-state index is -2.85. The zero-order valence-corrected chi connectivity index (χ0v) is 14.9. The maximum absolute atomic E-state index is 12.6. The van der Waals surface area contributed by atoms with Crippen molar-refractivity contribution in [3.05, 3.63) is 0 Å². The maximum Gasteiger partial charge on any atom is 0.233 e. The molecule has 0 unspecified atom stereocenters. The molecule has 0 N–H and O–H groups in total. The quantitative estimate of drug-likeness (QED) is 0.717. The van der Waals surface area contributed by atoms with Gasteiger partial charge in [-0.05, 0) is 32.1 Å². The second-order valence-corrected chi connectivity index (χ2v) is 10.0. The summed E-state index contributed by atoms with van der Waals surface area (Å²) >= 11 is 1.53. The molecular weight excluding hydrogens is 306 g/mol. The topological polar surface area (TPSA) is 54.5 Å². The first-order valence-corrected chi connectivity index (χ1v) is 10.8. The maximum atomic E-state index is 12.6. The molecule has 6 heteroatoms. The van der Waals surface area contributed by atoms with Crippen LogP contribution in [0.2, 0.25) is 0 Å². The van der Waals surface area contributed by atoms with E-state index in [1.807, 2.05) is 0 Å². The van der Waals surface area contributed by atoms with E-state index in [0.717, 1.165) is 19.3 Å². The van der Waals surface area contributed by atoms with Crippen LogP contribution in [0.1, 0.15) is 46.5 Å². The molecule has 0 radical (unpaired) electrons. The van der Waals surface area contributed by atoms with Crippen LogP contribution in [0.5, 0.6) is 0 Å². The van der Waals surface area contributed by atoms with Crippen LogP contribution in [0, 0.1) is 5.92 Å². The number of carbonyl (C=O) groups is 1. The molecule has 2 aliphatic rings. The average molecular weight is 334 g/mol. The molecule has 122 valence electrons. The van der Waals surface area contributed by atoms with Crippen molar-refractivity contribution in [1.29, 1.82) is 0 Å². The minimum absolute atomic E-state index is 0.110. The summed E-state index contributed by atoms with van der Waals surface area (Å²) in [5.41, 5.74) is 0. The Balaban J connectivity index is 1.88. The molecule has 1 saturated heterocycles. The fourth-order valence-electron chi connectivity index (χ4n) is 2.89. The number of amides is 1. The average Bonchev–Trinajstić information content (AvgIpc) is 3.19. The first-order chi connectivity index (χ1) is 9.84. The van der Waals surface area contributed by atoms with Gasteiger partial charge in [0.2, 0.25) is 5.91 Å². The summed E-state index contributed by atoms with van der Waals surface area (Å²) in [5, 5.41) is 0.110. The summed E-state index contributed by atoms with van der Waals surface area (Å²) in [4.78, 5) is 14.6. The lowest BCUT2D eigenvalue weighted by Crippen LogP contribution is -2.44. The third-order valence-corrected chi connectivity index (χ3v) is 8.03. The van der Waals surface area contributed by atoms with Crippen LogP contribution in [0.15, 0.2) is 0 Å². The van der Waals surface area contributed by atoms with Crippen LogP contribution < -0.4 is 0 Å².